The summed E-state index contributed by atoms with van der Waals surface area (Å²) in [5, 5.41) is 0. The first-order valence-electron chi connectivity index (χ1n) is 7.50. The van der Waals surface area contributed by atoms with E-state index in [0.29, 0.717) is 13.0 Å². The fraction of sp³-hybridized carbons (Fsp3) is 0.500. The Morgan fingerprint density at radius 1 is 1.14 bits per heavy atom. The van der Waals surface area contributed by atoms with Crippen LogP contribution >= 0.6 is 15.9 Å². The van der Waals surface area contributed by atoms with Gasteiger partial charge in [0.1, 0.15) is 0 Å². The summed E-state index contributed by atoms with van der Waals surface area (Å²) in [4.78, 5) is 28.5. The number of hydrogen-bond acceptors (Lipinski definition) is 2. The summed E-state index contributed by atoms with van der Waals surface area (Å²) >= 11 is 3.48. The van der Waals surface area contributed by atoms with Crippen molar-refractivity contribution >= 4 is 33.4 Å². The van der Waals surface area contributed by atoms with Gasteiger partial charge in [-0.1, -0.05) is 12.1 Å². The molecule has 2 heterocycles. The second-order valence-electron chi connectivity index (χ2n) is 5.74. The molecule has 112 valence electrons. The third-order valence-corrected chi connectivity index (χ3v) is 4.96. The molecule has 0 aromatic heterocycles. The predicted molar refractivity (Wildman–Crippen MR) is 85.0 cm³/mol. The number of amides is 2. The van der Waals surface area contributed by atoms with Gasteiger partial charge >= 0.3 is 0 Å². The third kappa shape index (κ3) is 2.98. The van der Waals surface area contributed by atoms with Gasteiger partial charge in [0, 0.05) is 30.5 Å². The van der Waals surface area contributed by atoms with Crippen LogP contribution in [0.25, 0.3) is 0 Å². The van der Waals surface area contributed by atoms with Crippen molar-refractivity contribution in [2.45, 2.75) is 25.7 Å². The van der Waals surface area contributed by atoms with Crippen LogP contribution in [0.4, 0.5) is 5.69 Å². The van der Waals surface area contributed by atoms with E-state index in [2.05, 4.69) is 15.9 Å². The van der Waals surface area contributed by atoms with Crippen molar-refractivity contribution in [3.63, 3.8) is 0 Å². The molecule has 1 aromatic carbocycles. The molecule has 5 heteroatoms. The molecule has 2 aliphatic heterocycles. The highest BCUT2D eigenvalue weighted by molar-refractivity contribution is 9.10. The lowest BCUT2D eigenvalue weighted by molar-refractivity contribution is -0.136. The molecular formula is C16H19BrN2O2. The predicted octanol–water partition coefficient (Wildman–Crippen LogP) is 2.81. The van der Waals surface area contributed by atoms with Gasteiger partial charge in [0.25, 0.3) is 0 Å². The molecule has 0 saturated carbocycles. The molecule has 2 amide bonds. The maximum absolute atomic E-state index is 12.5. The maximum Gasteiger partial charge on any atom is 0.228 e. The van der Waals surface area contributed by atoms with Crippen LogP contribution in [0.2, 0.25) is 0 Å². The Hall–Kier alpha value is -1.36. The van der Waals surface area contributed by atoms with Crippen molar-refractivity contribution in [2.24, 2.45) is 5.92 Å². The van der Waals surface area contributed by atoms with Crippen LogP contribution in [-0.2, 0) is 9.59 Å². The number of carbonyl (C=O) groups is 2. The molecule has 2 aliphatic rings. The van der Waals surface area contributed by atoms with Gasteiger partial charge in [-0.25, -0.2) is 0 Å². The van der Waals surface area contributed by atoms with Gasteiger partial charge in [-0.2, -0.15) is 0 Å². The van der Waals surface area contributed by atoms with Crippen LogP contribution in [0.3, 0.4) is 0 Å². The summed E-state index contributed by atoms with van der Waals surface area (Å²) < 4.78 is 0.893. The molecule has 1 unspecified atom stereocenters. The van der Waals surface area contributed by atoms with E-state index in [1.807, 2.05) is 29.2 Å². The maximum atomic E-state index is 12.5. The van der Waals surface area contributed by atoms with E-state index < -0.39 is 0 Å². The first-order chi connectivity index (χ1) is 10.2. The van der Waals surface area contributed by atoms with Crippen molar-refractivity contribution in [3.05, 3.63) is 28.7 Å². The molecule has 0 N–H and O–H groups in total. The van der Waals surface area contributed by atoms with Gasteiger partial charge in [-0.05, 0) is 47.3 Å². The highest BCUT2D eigenvalue weighted by atomic mass is 79.9. The molecule has 0 radical (unpaired) electrons. The van der Waals surface area contributed by atoms with Gasteiger partial charge in [0.05, 0.1) is 11.6 Å². The number of rotatable bonds is 2. The SMILES string of the molecule is O=C(C1CC(=O)N(c2ccccc2Br)C1)N1CCCCC1. The molecular weight excluding hydrogens is 332 g/mol. The molecule has 2 saturated heterocycles. The number of para-hydroxylation sites is 1. The summed E-state index contributed by atoms with van der Waals surface area (Å²) in [6.45, 7) is 2.19. The van der Waals surface area contributed by atoms with Gasteiger partial charge in [0.2, 0.25) is 11.8 Å². The molecule has 1 atom stereocenters. The molecule has 0 bridgehead atoms. The van der Waals surface area contributed by atoms with Gasteiger partial charge in [0.15, 0.2) is 0 Å². The number of hydrogen-bond donors (Lipinski definition) is 0. The normalized spacial score (nSPS) is 22.7. The van der Waals surface area contributed by atoms with Crippen molar-refractivity contribution in [1.82, 2.24) is 4.90 Å². The average Bonchev–Trinajstić information content (AvgIpc) is 2.90. The average molecular weight is 351 g/mol. The fourth-order valence-electron chi connectivity index (χ4n) is 3.15. The van der Waals surface area contributed by atoms with Crippen LogP contribution in [0.15, 0.2) is 28.7 Å². The van der Waals surface area contributed by atoms with Gasteiger partial charge in [-0.15, -0.1) is 0 Å². The summed E-state index contributed by atoms with van der Waals surface area (Å²) in [5.41, 5.74) is 0.858. The number of nitrogens with zero attached hydrogens (tertiary/aromatic N) is 2. The van der Waals surface area contributed by atoms with Crippen LogP contribution < -0.4 is 4.90 Å². The zero-order chi connectivity index (χ0) is 14.8. The zero-order valence-corrected chi connectivity index (χ0v) is 13.5. The second kappa shape index (κ2) is 6.18. The van der Waals surface area contributed by atoms with Crippen molar-refractivity contribution in [3.8, 4) is 0 Å². The zero-order valence-electron chi connectivity index (χ0n) is 11.9. The lowest BCUT2D eigenvalue weighted by Crippen LogP contribution is -2.40. The minimum Gasteiger partial charge on any atom is -0.342 e. The highest BCUT2D eigenvalue weighted by Crippen LogP contribution is 2.32. The fourth-order valence-corrected chi connectivity index (χ4v) is 3.65. The number of anilines is 1. The Bertz CT molecular complexity index is 555. The van der Waals surface area contributed by atoms with Crippen LogP contribution in [0.1, 0.15) is 25.7 Å². The lowest BCUT2D eigenvalue weighted by Gasteiger charge is -2.29. The van der Waals surface area contributed by atoms with Gasteiger partial charge < -0.3 is 9.80 Å². The van der Waals surface area contributed by atoms with E-state index in [0.717, 1.165) is 36.1 Å². The van der Waals surface area contributed by atoms with E-state index in [1.165, 1.54) is 6.42 Å². The van der Waals surface area contributed by atoms with Crippen molar-refractivity contribution in [1.29, 1.82) is 0 Å². The quantitative estimate of drug-likeness (QED) is 0.822. The smallest absolute Gasteiger partial charge is 0.228 e. The van der Waals surface area contributed by atoms with E-state index in [4.69, 9.17) is 0 Å². The number of benzene rings is 1. The van der Waals surface area contributed by atoms with E-state index in [1.54, 1.807) is 4.90 Å². The first-order valence-corrected chi connectivity index (χ1v) is 8.30. The van der Waals surface area contributed by atoms with Crippen molar-refractivity contribution < 1.29 is 9.59 Å². The summed E-state index contributed by atoms with van der Waals surface area (Å²) in [5.74, 6) is -0.00225. The Labute approximate surface area is 133 Å². The van der Waals surface area contributed by atoms with Crippen molar-refractivity contribution in [2.75, 3.05) is 24.5 Å². The monoisotopic (exact) mass is 350 g/mol. The Morgan fingerprint density at radius 3 is 2.57 bits per heavy atom. The third-order valence-electron chi connectivity index (χ3n) is 4.29. The summed E-state index contributed by atoms with van der Waals surface area (Å²) in [6.07, 6.45) is 3.70. The summed E-state index contributed by atoms with van der Waals surface area (Å²) in [7, 11) is 0. The molecule has 4 nitrogen and oxygen atoms in total. The lowest BCUT2D eigenvalue weighted by atomic mass is 10.0. The molecule has 1 aromatic rings. The minimum absolute atomic E-state index is 0.0391. The topological polar surface area (TPSA) is 40.6 Å². The largest absolute Gasteiger partial charge is 0.342 e. The van der Waals surface area contributed by atoms with E-state index >= 15 is 0 Å². The standard InChI is InChI=1S/C16H19BrN2O2/c17-13-6-2-3-7-14(13)19-11-12(10-15(19)20)16(21)18-8-4-1-5-9-18/h2-3,6-7,12H,1,4-5,8-11H2. The molecule has 0 aliphatic carbocycles. The Kier molecular flexibility index (Phi) is 4.29. The molecule has 21 heavy (non-hydrogen) atoms. The first kappa shape index (κ1) is 14.6. The number of halogens is 1. The number of piperidine rings is 1. The number of likely N-dealkylation sites (tertiary alicyclic amines) is 1. The second-order valence-corrected chi connectivity index (χ2v) is 6.60. The Morgan fingerprint density at radius 2 is 1.86 bits per heavy atom. The molecule has 0 spiro atoms. The Balaban J connectivity index is 1.72. The molecule has 3 rings (SSSR count). The van der Waals surface area contributed by atoms with Gasteiger partial charge in [-0.3, -0.25) is 9.59 Å². The number of carbonyl (C=O) groups excluding carboxylic acids is 2. The molecule has 2 fully saturated rings. The highest BCUT2D eigenvalue weighted by Gasteiger charge is 2.37. The summed E-state index contributed by atoms with van der Waals surface area (Å²) in [6, 6.07) is 7.66. The van der Waals surface area contributed by atoms with Crippen LogP contribution in [0.5, 0.6) is 0 Å². The van der Waals surface area contributed by atoms with E-state index in [9.17, 15) is 9.59 Å². The van der Waals surface area contributed by atoms with E-state index in [-0.39, 0.29) is 17.7 Å². The van der Waals surface area contributed by atoms with Crippen LogP contribution in [-0.4, -0.2) is 36.3 Å². The van der Waals surface area contributed by atoms with Crippen LogP contribution in [0, 0.1) is 5.92 Å². The minimum atomic E-state index is -0.192.